The highest BCUT2D eigenvalue weighted by molar-refractivity contribution is 5.85. The first-order valence-electron chi connectivity index (χ1n) is 8.55. The minimum Gasteiger partial charge on any atom is -0.489 e. The number of carbonyl (C=O) groups excluding carboxylic acids is 1. The van der Waals surface area contributed by atoms with Gasteiger partial charge in [0.15, 0.2) is 0 Å². The summed E-state index contributed by atoms with van der Waals surface area (Å²) in [5.41, 5.74) is 2.24. The Balaban J connectivity index is 0.00000225. The largest absolute Gasteiger partial charge is 0.489 e. The molecule has 134 valence electrons. The second-order valence-electron chi connectivity index (χ2n) is 6.16. The zero-order valence-corrected chi connectivity index (χ0v) is 15.1. The Morgan fingerprint density at radius 3 is 2.36 bits per heavy atom. The Morgan fingerprint density at radius 1 is 1.00 bits per heavy atom. The van der Waals surface area contributed by atoms with Crippen LogP contribution in [0.4, 0.5) is 0 Å². The van der Waals surface area contributed by atoms with E-state index in [0.717, 1.165) is 42.8 Å². The summed E-state index contributed by atoms with van der Waals surface area (Å²) in [4.78, 5) is 12.1. The van der Waals surface area contributed by atoms with E-state index in [1.54, 1.807) is 0 Å². The molecule has 0 aliphatic carbocycles. The monoisotopic (exact) mass is 360 g/mol. The van der Waals surface area contributed by atoms with Gasteiger partial charge < -0.3 is 15.4 Å². The van der Waals surface area contributed by atoms with Gasteiger partial charge in [-0.1, -0.05) is 42.5 Å². The van der Waals surface area contributed by atoms with Crippen molar-refractivity contribution in [1.82, 2.24) is 10.6 Å². The molecule has 3 rings (SSSR count). The molecule has 1 amide bonds. The van der Waals surface area contributed by atoms with Crippen LogP contribution in [-0.2, 0) is 17.9 Å². The number of halogens is 1. The highest BCUT2D eigenvalue weighted by Gasteiger charge is 2.20. The lowest BCUT2D eigenvalue weighted by molar-refractivity contribution is -0.125. The predicted octanol–water partition coefficient (Wildman–Crippen LogP) is 3.30. The second kappa shape index (κ2) is 10.1. The van der Waals surface area contributed by atoms with Crippen molar-refractivity contribution in [3.05, 3.63) is 65.7 Å². The van der Waals surface area contributed by atoms with Crippen molar-refractivity contribution in [2.75, 3.05) is 13.1 Å². The molecule has 1 heterocycles. The standard InChI is InChI=1S/C20H24N2O2.ClH/c23-20(18-10-12-21-13-11-18)22-14-16-6-8-19(9-7-16)24-15-17-4-2-1-3-5-17;/h1-9,18,21H,10-15H2,(H,22,23);1H. The molecule has 2 N–H and O–H groups in total. The Morgan fingerprint density at radius 2 is 1.68 bits per heavy atom. The van der Waals surface area contributed by atoms with Gasteiger partial charge in [-0.3, -0.25) is 4.79 Å². The number of nitrogens with one attached hydrogen (secondary N) is 2. The highest BCUT2D eigenvalue weighted by atomic mass is 35.5. The first kappa shape index (κ1) is 19.3. The first-order valence-corrected chi connectivity index (χ1v) is 8.55. The quantitative estimate of drug-likeness (QED) is 0.831. The lowest BCUT2D eigenvalue weighted by Gasteiger charge is -2.21. The van der Waals surface area contributed by atoms with Crippen molar-refractivity contribution in [2.24, 2.45) is 5.92 Å². The van der Waals surface area contributed by atoms with Crippen LogP contribution in [0.5, 0.6) is 5.75 Å². The predicted molar refractivity (Wildman–Crippen MR) is 102 cm³/mol. The fourth-order valence-corrected chi connectivity index (χ4v) is 2.86. The van der Waals surface area contributed by atoms with Crippen LogP contribution in [0, 0.1) is 5.92 Å². The maximum absolute atomic E-state index is 12.1. The van der Waals surface area contributed by atoms with Crippen LogP contribution in [0.15, 0.2) is 54.6 Å². The molecule has 0 aromatic heterocycles. The molecular weight excluding hydrogens is 336 g/mol. The maximum Gasteiger partial charge on any atom is 0.223 e. The Kier molecular flexibility index (Phi) is 7.76. The highest BCUT2D eigenvalue weighted by Crippen LogP contribution is 2.15. The molecule has 2 aromatic rings. The van der Waals surface area contributed by atoms with Gasteiger partial charge in [-0.2, -0.15) is 0 Å². The fraction of sp³-hybridized carbons (Fsp3) is 0.350. The van der Waals surface area contributed by atoms with Crippen LogP contribution in [-0.4, -0.2) is 19.0 Å². The van der Waals surface area contributed by atoms with E-state index < -0.39 is 0 Å². The third-order valence-corrected chi connectivity index (χ3v) is 4.35. The van der Waals surface area contributed by atoms with Gasteiger partial charge in [-0.25, -0.2) is 0 Å². The van der Waals surface area contributed by atoms with Crippen LogP contribution >= 0.6 is 12.4 Å². The summed E-state index contributed by atoms with van der Waals surface area (Å²) in [6.45, 7) is 3.01. The molecule has 0 unspecified atom stereocenters. The number of piperidine rings is 1. The van der Waals surface area contributed by atoms with E-state index in [4.69, 9.17) is 4.74 Å². The summed E-state index contributed by atoms with van der Waals surface area (Å²) in [5.74, 6) is 1.16. The summed E-state index contributed by atoms with van der Waals surface area (Å²) in [5, 5.41) is 6.32. The molecule has 0 spiro atoms. The van der Waals surface area contributed by atoms with Crippen molar-refractivity contribution < 1.29 is 9.53 Å². The zero-order chi connectivity index (χ0) is 16.6. The maximum atomic E-state index is 12.1. The molecule has 2 aromatic carbocycles. The molecule has 4 nitrogen and oxygen atoms in total. The molecule has 0 radical (unpaired) electrons. The van der Waals surface area contributed by atoms with E-state index in [1.807, 2.05) is 54.6 Å². The molecule has 0 bridgehead atoms. The van der Waals surface area contributed by atoms with Gasteiger partial charge in [-0.05, 0) is 49.2 Å². The number of amides is 1. The molecule has 0 atom stereocenters. The van der Waals surface area contributed by atoms with Crippen molar-refractivity contribution in [3.8, 4) is 5.75 Å². The number of carbonyl (C=O) groups is 1. The molecule has 1 saturated heterocycles. The molecule has 0 saturated carbocycles. The van der Waals surface area contributed by atoms with Gasteiger partial charge in [0.2, 0.25) is 5.91 Å². The summed E-state index contributed by atoms with van der Waals surface area (Å²) in [7, 11) is 0. The van der Waals surface area contributed by atoms with Crippen molar-refractivity contribution in [2.45, 2.75) is 26.0 Å². The van der Waals surface area contributed by atoms with Crippen molar-refractivity contribution >= 4 is 18.3 Å². The lowest BCUT2D eigenvalue weighted by atomic mass is 9.97. The normalized spacial score (nSPS) is 14.4. The number of benzene rings is 2. The second-order valence-corrected chi connectivity index (χ2v) is 6.16. The van der Waals surface area contributed by atoms with Crippen molar-refractivity contribution in [1.29, 1.82) is 0 Å². The average Bonchev–Trinajstić information content (AvgIpc) is 2.67. The SMILES string of the molecule is Cl.O=C(NCc1ccc(OCc2ccccc2)cc1)C1CCNCC1. The van der Waals surface area contributed by atoms with E-state index in [1.165, 1.54) is 0 Å². The van der Waals surface area contributed by atoms with Gasteiger partial charge in [-0.15, -0.1) is 12.4 Å². The van der Waals surface area contributed by atoms with Crippen LogP contribution in [0.1, 0.15) is 24.0 Å². The topological polar surface area (TPSA) is 50.4 Å². The smallest absolute Gasteiger partial charge is 0.223 e. The molecule has 1 aliphatic heterocycles. The van der Waals surface area contributed by atoms with E-state index in [-0.39, 0.29) is 24.2 Å². The molecule has 1 aliphatic rings. The van der Waals surface area contributed by atoms with Crippen LogP contribution in [0.25, 0.3) is 0 Å². The van der Waals surface area contributed by atoms with Gasteiger partial charge in [0.05, 0.1) is 0 Å². The van der Waals surface area contributed by atoms with Crippen LogP contribution in [0.2, 0.25) is 0 Å². The fourth-order valence-electron chi connectivity index (χ4n) is 2.86. The zero-order valence-electron chi connectivity index (χ0n) is 14.2. The summed E-state index contributed by atoms with van der Waals surface area (Å²) in [6.07, 6.45) is 1.86. The third kappa shape index (κ3) is 6.07. The van der Waals surface area contributed by atoms with E-state index in [0.29, 0.717) is 13.2 Å². The Hall–Kier alpha value is -2.04. The molecule has 5 heteroatoms. The van der Waals surface area contributed by atoms with E-state index in [2.05, 4.69) is 10.6 Å². The summed E-state index contributed by atoms with van der Waals surface area (Å²) < 4.78 is 5.77. The van der Waals surface area contributed by atoms with Crippen LogP contribution in [0.3, 0.4) is 0 Å². The summed E-state index contributed by atoms with van der Waals surface area (Å²) in [6, 6.07) is 18.0. The van der Waals surface area contributed by atoms with Gasteiger partial charge in [0.25, 0.3) is 0 Å². The van der Waals surface area contributed by atoms with E-state index >= 15 is 0 Å². The van der Waals surface area contributed by atoms with Gasteiger partial charge in [0, 0.05) is 12.5 Å². The number of hydrogen-bond donors (Lipinski definition) is 2. The third-order valence-electron chi connectivity index (χ3n) is 4.35. The Labute approximate surface area is 155 Å². The van der Waals surface area contributed by atoms with E-state index in [9.17, 15) is 4.79 Å². The molecular formula is C20H25ClN2O2. The van der Waals surface area contributed by atoms with Gasteiger partial charge in [0.1, 0.15) is 12.4 Å². The number of ether oxygens (including phenoxy) is 1. The minimum absolute atomic E-state index is 0. The first-order chi connectivity index (χ1) is 11.8. The Bertz CT molecular complexity index is 641. The van der Waals surface area contributed by atoms with Crippen LogP contribution < -0.4 is 15.4 Å². The summed E-state index contributed by atoms with van der Waals surface area (Å²) >= 11 is 0. The number of hydrogen-bond acceptors (Lipinski definition) is 3. The number of rotatable bonds is 6. The van der Waals surface area contributed by atoms with Gasteiger partial charge >= 0.3 is 0 Å². The minimum atomic E-state index is 0. The van der Waals surface area contributed by atoms with Crippen molar-refractivity contribution in [3.63, 3.8) is 0 Å². The molecule has 1 fully saturated rings. The molecule has 25 heavy (non-hydrogen) atoms. The average molecular weight is 361 g/mol. The lowest BCUT2D eigenvalue weighted by Crippen LogP contribution is -2.37.